The van der Waals surface area contributed by atoms with Crippen LogP contribution < -0.4 is 5.32 Å². The molecule has 1 atom stereocenters. The highest BCUT2D eigenvalue weighted by Crippen LogP contribution is 2.39. The van der Waals surface area contributed by atoms with Crippen LogP contribution in [0.25, 0.3) is 0 Å². The molecule has 1 aromatic carbocycles. The summed E-state index contributed by atoms with van der Waals surface area (Å²) in [6, 6.07) is 7.04. The van der Waals surface area contributed by atoms with E-state index in [-0.39, 0.29) is 18.1 Å². The molecule has 0 bridgehead atoms. The van der Waals surface area contributed by atoms with Crippen LogP contribution in [0.3, 0.4) is 0 Å². The number of nitrogens with one attached hydrogen (secondary N) is 1. The number of nitrogens with zero attached hydrogens (tertiary/aromatic N) is 1. The molecular formula is C15H12Cl2N2O3S. The van der Waals surface area contributed by atoms with Gasteiger partial charge in [-0.05, 0) is 17.7 Å². The molecule has 0 aromatic heterocycles. The minimum atomic E-state index is -0.473. The van der Waals surface area contributed by atoms with Crippen LogP contribution in [0.2, 0.25) is 10.0 Å². The minimum absolute atomic E-state index is 0.00162. The van der Waals surface area contributed by atoms with E-state index in [0.717, 1.165) is 11.8 Å². The summed E-state index contributed by atoms with van der Waals surface area (Å²) in [5.41, 5.74) is 1.02. The van der Waals surface area contributed by atoms with Crippen LogP contribution in [-0.2, 0) is 14.3 Å². The average Bonchev–Trinajstić information content (AvgIpc) is 2.52. The maximum Gasteiger partial charge on any atom is 0.316 e. The summed E-state index contributed by atoms with van der Waals surface area (Å²) < 4.78 is 4.57. The topological polar surface area (TPSA) is 79.2 Å². The van der Waals surface area contributed by atoms with Gasteiger partial charge >= 0.3 is 5.97 Å². The summed E-state index contributed by atoms with van der Waals surface area (Å²) in [6.45, 7) is 0. The SMILES string of the molecule is COC(=O)CSC1=C(C#N)C(c2ccc(Cl)cc2Cl)CC(=O)N1. The lowest BCUT2D eigenvalue weighted by Crippen LogP contribution is -2.31. The Hall–Kier alpha value is -1.68. The van der Waals surface area contributed by atoms with Gasteiger partial charge in [0.25, 0.3) is 0 Å². The number of halogens is 2. The van der Waals surface area contributed by atoms with Crippen LogP contribution in [0.4, 0.5) is 0 Å². The molecule has 0 radical (unpaired) electrons. The number of carbonyl (C=O) groups is 2. The number of allylic oxidation sites excluding steroid dienone is 1. The Kier molecular flexibility index (Phi) is 5.94. The molecule has 2 rings (SSSR count). The molecular weight excluding hydrogens is 359 g/mol. The molecule has 0 saturated carbocycles. The third-order valence-corrected chi connectivity index (χ3v) is 4.81. The van der Waals surface area contributed by atoms with Crippen molar-refractivity contribution < 1.29 is 14.3 Å². The summed E-state index contributed by atoms with van der Waals surface area (Å²) in [5, 5.41) is 13.3. The number of benzene rings is 1. The lowest BCUT2D eigenvalue weighted by atomic mass is 9.87. The average molecular weight is 371 g/mol. The van der Waals surface area contributed by atoms with Crippen molar-refractivity contribution >= 4 is 46.8 Å². The number of amides is 1. The molecule has 1 aliphatic rings. The second-order valence-corrected chi connectivity index (χ2v) is 6.52. The Balaban J connectivity index is 2.39. The summed E-state index contributed by atoms with van der Waals surface area (Å²) in [5.74, 6) is -1.16. The van der Waals surface area contributed by atoms with Gasteiger partial charge in [0.15, 0.2) is 0 Å². The maximum absolute atomic E-state index is 12.0. The van der Waals surface area contributed by atoms with Gasteiger partial charge in [0.2, 0.25) is 5.91 Å². The first-order valence-corrected chi connectivity index (χ1v) is 8.29. The Morgan fingerprint density at radius 1 is 1.52 bits per heavy atom. The maximum atomic E-state index is 12.0. The van der Waals surface area contributed by atoms with Crippen molar-refractivity contribution in [3.05, 3.63) is 44.4 Å². The zero-order chi connectivity index (χ0) is 17.0. The van der Waals surface area contributed by atoms with E-state index >= 15 is 0 Å². The highest BCUT2D eigenvalue weighted by Gasteiger charge is 2.31. The monoisotopic (exact) mass is 370 g/mol. The number of esters is 1. The van der Waals surface area contributed by atoms with Crippen molar-refractivity contribution in [3.8, 4) is 6.07 Å². The lowest BCUT2D eigenvalue weighted by molar-refractivity contribution is -0.137. The van der Waals surface area contributed by atoms with E-state index in [4.69, 9.17) is 23.2 Å². The number of hydrogen-bond donors (Lipinski definition) is 1. The Bertz CT molecular complexity index is 728. The highest BCUT2D eigenvalue weighted by molar-refractivity contribution is 8.03. The van der Waals surface area contributed by atoms with Crippen molar-refractivity contribution in [2.24, 2.45) is 0 Å². The van der Waals surface area contributed by atoms with Gasteiger partial charge in [0.05, 0.1) is 29.5 Å². The molecule has 23 heavy (non-hydrogen) atoms. The van der Waals surface area contributed by atoms with Crippen molar-refractivity contribution in [1.82, 2.24) is 5.32 Å². The van der Waals surface area contributed by atoms with E-state index in [1.54, 1.807) is 18.2 Å². The van der Waals surface area contributed by atoms with E-state index in [9.17, 15) is 14.9 Å². The zero-order valence-corrected chi connectivity index (χ0v) is 14.4. The van der Waals surface area contributed by atoms with Crippen molar-refractivity contribution in [2.75, 3.05) is 12.9 Å². The van der Waals surface area contributed by atoms with Gasteiger partial charge in [-0.3, -0.25) is 9.59 Å². The Morgan fingerprint density at radius 2 is 2.26 bits per heavy atom. The molecule has 120 valence electrons. The fraction of sp³-hybridized carbons (Fsp3) is 0.267. The fourth-order valence-electron chi connectivity index (χ4n) is 2.17. The molecule has 0 spiro atoms. The predicted molar refractivity (Wildman–Crippen MR) is 89.1 cm³/mol. The lowest BCUT2D eigenvalue weighted by Gasteiger charge is -2.25. The number of methoxy groups -OCH3 is 1. The van der Waals surface area contributed by atoms with Gasteiger partial charge in [-0.1, -0.05) is 41.0 Å². The van der Waals surface area contributed by atoms with E-state index in [0.29, 0.717) is 26.2 Å². The van der Waals surface area contributed by atoms with E-state index < -0.39 is 11.9 Å². The first kappa shape index (κ1) is 17.7. The second-order valence-electron chi connectivity index (χ2n) is 4.69. The molecule has 1 heterocycles. The van der Waals surface area contributed by atoms with Crippen LogP contribution >= 0.6 is 35.0 Å². The number of hydrogen-bond acceptors (Lipinski definition) is 5. The molecule has 1 unspecified atom stereocenters. The summed E-state index contributed by atoms with van der Waals surface area (Å²) >= 11 is 13.1. The van der Waals surface area contributed by atoms with Gasteiger partial charge in [-0.25, -0.2) is 0 Å². The van der Waals surface area contributed by atoms with Crippen molar-refractivity contribution in [1.29, 1.82) is 5.26 Å². The third-order valence-electron chi connectivity index (χ3n) is 3.26. The smallest absolute Gasteiger partial charge is 0.316 e. The van der Waals surface area contributed by atoms with Gasteiger partial charge in [0, 0.05) is 22.4 Å². The first-order chi connectivity index (χ1) is 11.0. The van der Waals surface area contributed by atoms with E-state index in [1.165, 1.54) is 7.11 Å². The molecule has 0 saturated heterocycles. The van der Waals surface area contributed by atoms with Crippen LogP contribution in [0.15, 0.2) is 28.8 Å². The number of nitriles is 1. The Morgan fingerprint density at radius 3 is 2.87 bits per heavy atom. The summed E-state index contributed by atoms with van der Waals surface area (Å²) in [6.07, 6.45) is 0.104. The predicted octanol–water partition coefficient (Wildman–Crippen LogP) is 3.24. The number of ether oxygens (including phenoxy) is 1. The molecule has 8 heteroatoms. The minimum Gasteiger partial charge on any atom is -0.468 e. The second kappa shape index (κ2) is 7.73. The highest BCUT2D eigenvalue weighted by atomic mass is 35.5. The van der Waals surface area contributed by atoms with Gasteiger partial charge in [0.1, 0.15) is 0 Å². The Labute approximate surface area is 147 Å². The molecule has 1 aliphatic heterocycles. The number of carbonyl (C=O) groups excluding carboxylic acids is 2. The molecule has 1 amide bonds. The largest absolute Gasteiger partial charge is 0.468 e. The quantitative estimate of drug-likeness (QED) is 0.822. The number of thioether (sulfide) groups is 1. The van der Waals surface area contributed by atoms with E-state index in [2.05, 4.69) is 16.1 Å². The standard InChI is InChI=1S/C15H12Cl2N2O3S/c1-22-14(21)7-23-15-11(6-18)10(5-13(20)19-15)9-3-2-8(16)4-12(9)17/h2-4,10H,5,7H2,1H3,(H,19,20). The van der Waals surface area contributed by atoms with Crippen LogP contribution in [0.5, 0.6) is 0 Å². The first-order valence-electron chi connectivity index (χ1n) is 6.55. The van der Waals surface area contributed by atoms with Crippen molar-refractivity contribution in [2.45, 2.75) is 12.3 Å². The number of rotatable bonds is 4. The molecule has 1 N–H and O–H groups in total. The van der Waals surface area contributed by atoms with Crippen molar-refractivity contribution in [3.63, 3.8) is 0 Å². The van der Waals surface area contributed by atoms with E-state index in [1.807, 2.05) is 0 Å². The van der Waals surface area contributed by atoms with Crippen LogP contribution in [0.1, 0.15) is 17.9 Å². The molecule has 1 aromatic rings. The molecule has 0 fully saturated rings. The molecule has 5 nitrogen and oxygen atoms in total. The van der Waals surface area contributed by atoms with Gasteiger partial charge in [-0.2, -0.15) is 5.26 Å². The van der Waals surface area contributed by atoms with Gasteiger partial charge < -0.3 is 10.1 Å². The molecule has 0 aliphatic carbocycles. The van der Waals surface area contributed by atoms with Gasteiger partial charge in [-0.15, -0.1) is 0 Å². The van der Waals surface area contributed by atoms with Crippen LogP contribution in [-0.4, -0.2) is 24.7 Å². The fourth-order valence-corrected chi connectivity index (χ4v) is 3.62. The van der Waals surface area contributed by atoms with Crippen LogP contribution in [0, 0.1) is 11.3 Å². The normalized spacial score (nSPS) is 17.5. The summed E-state index contributed by atoms with van der Waals surface area (Å²) in [4.78, 5) is 23.2. The zero-order valence-electron chi connectivity index (χ0n) is 12.1. The third kappa shape index (κ3) is 4.20. The summed E-state index contributed by atoms with van der Waals surface area (Å²) in [7, 11) is 1.28.